The molecule has 1 saturated carbocycles. The average Bonchev–Trinajstić information content (AvgIpc) is 3.06. The number of ether oxygens (including phenoxy) is 2. The van der Waals surface area contributed by atoms with Crippen molar-refractivity contribution in [1.82, 2.24) is 4.72 Å². The zero-order valence-corrected chi connectivity index (χ0v) is 19.2. The maximum absolute atomic E-state index is 12.8. The van der Waals surface area contributed by atoms with Crippen LogP contribution in [0.4, 0.5) is 0 Å². The highest BCUT2D eigenvalue weighted by molar-refractivity contribution is 7.89. The van der Waals surface area contributed by atoms with Crippen LogP contribution in [0.1, 0.15) is 54.4 Å². The molecule has 1 aliphatic carbocycles. The van der Waals surface area contributed by atoms with Crippen LogP contribution >= 0.6 is 0 Å². The Morgan fingerprint density at radius 2 is 1.66 bits per heavy atom. The first kappa shape index (κ1) is 23.8. The summed E-state index contributed by atoms with van der Waals surface area (Å²) in [6.07, 6.45) is 8.86. The van der Waals surface area contributed by atoms with E-state index in [2.05, 4.69) is 4.72 Å². The molecule has 0 spiro atoms. The normalized spacial score (nSPS) is 15.4. The fraction of sp³-hybridized carbons (Fsp3) is 0.375. The third kappa shape index (κ3) is 5.89. The summed E-state index contributed by atoms with van der Waals surface area (Å²) in [5, 5.41) is 10.0. The summed E-state index contributed by atoms with van der Waals surface area (Å²) in [7, 11) is -0.872. The van der Waals surface area contributed by atoms with E-state index in [0.29, 0.717) is 5.56 Å². The van der Waals surface area contributed by atoms with Gasteiger partial charge in [-0.2, -0.15) is 0 Å². The van der Waals surface area contributed by atoms with Crippen molar-refractivity contribution in [2.75, 3.05) is 14.2 Å². The summed E-state index contributed by atoms with van der Waals surface area (Å²) in [5.74, 6) is -0.0386. The Morgan fingerprint density at radius 1 is 1.03 bits per heavy atom. The summed E-state index contributed by atoms with van der Waals surface area (Å²) >= 11 is 0. The Labute approximate surface area is 189 Å². The minimum absolute atomic E-state index is 0.0683. The number of aromatic hydroxyl groups is 1. The van der Waals surface area contributed by atoms with Crippen LogP contribution in [0.3, 0.4) is 0 Å². The highest BCUT2D eigenvalue weighted by Crippen LogP contribution is 2.37. The molecule has 2 aromatic rings. The molecule has 0 radical (unpaired) electrons. The van der Waals surface area contributed by atoms with Gasteiger partial charge in [-0.25, -0.2) is 13.1 Å². The van der Waals surface area contributed by atoms with E-state index in [1.807, 2.05) is 0 Å². The van der Waals surface area contributed by atoms with Gasteiger partial charge in [0.1, 0.15) is 0 Å². The molecule has 0 heterocycles. The van der Waals surface area contributed by atoms with Gasteiger partial charge in [-0.1, -0.05) is 43.9 Å². The topological polar surface area (TPSA) is 102 Å². The highest BCUT2D eigenvalue weighted by Gasteiger charge is 2.22. The Morgan fingerprint density at radius 3 is 2.25 bits per heavy atom. The predicted octanol–water partition coefficient (Wildman–Crippen LogP) is 4.31. The van der Waals surface area contributed by atoms with Gasteiger partial charge in [0.2, 0.25) is 15.8 Å². The number of phenolic OH excluding ortho intramolecular Hbond substituents is 1. The Hall–Kier alpha value is -2.84. The molecule has 0 amide bonds. The quantitative estimate of drug-likeness (QED) is 0.347. The van der Waals surface area contributed by atoms with Crippen molar-refractivity contribution < 1.29 is 27.8 Å². The Kier molecular flexibility index (Phi) is 7.93. The summed E-state index contributed by atoms with van der Waals surface area (Å²) in [6.45, 7) is 0. The fourth-order valence-electron chi connectivity index (χ4n) is 3.78. The first-order valence-corrected chi connectivity index (χ1v) is 12.1. The summed E-state index contributed by atoms with van der Waals surface area (Å²) < 4.78 is 38.7. The second-order valence-corrected chi connectivity index (χ2v) is 9.52. The van der Waals surface area contributed by atoms with E-state index in [4.69, 9.17) is 9.47 Å². The van der Waals surface area contributed by atoms with E-state index < -0.39 is 10.0 Å². The van der Waals surface area contributed by atoms with Crippen LogP contribution in [0.2, 0.25) is 0 Å². The van der Waals surface area contributed by atoms with Crippen LogP contribution < -0.4 is 14.2 Å². The molecular formula is C24H29NO6S. The van der Waals surface area contributed by atoms with Crippen LogP contribution in [-0.2, 0) is 10.0 Å². The van der Waals surface area contributed by atoms with Crippen LogP contribution in [0.25, 0.3) is 6.08 Å². The van der Waals surface area contributed by atoms with Gasteiger partial charge < -0.3 is 14.6 Å². The lowest BCUT2D eigenvalue weighted by Crippen LogP contribution is -2.34. The number of nitrogens with one attached hydrogen (secondary N) is 1. The van der Waals surface area contributed by atoms with Gasteiger partial charge >= 0.3 is 0 Å². The van der Waals surface area contributed by atoms with Crippen LogP contribution in [-0.4, -0.2) is 39.6 Å². The number of hydrogen-bond acceptors (Lipinski definition) is 6. The molecule has 2 aromatic carbocycles. The second kappa shape index (κ2) is 10.7. The number of hydrogen-bond donors (Lipinski definition) is 2. The fourth-order valence-corrected chi connectivity index (χ4v) is 5.13. The van der Waals surface area contributed by atoms with Crippen molar-refractivity contribution in [2.45, 2.75) is 49.5 Å². The molecule has 0 atom stereocenters. The molecule has 32 heavy (non-hydrogen) atoms. The van der Waals surface area contributed by atoms with E-state index in [9.17, 15) is 18.3 Å². The lowest BCUT2D eigenvalue weighted by molar-refractivity contribution is 0.104. The number of phenols is 1. The number of rotatable bonds is 8. The third-order valence-corrected chi connectivity index (χ3v) is 7.05. The van der Waals surface area contributed by atoms with Crippen LogP contribution in [0.15, 0.2) is 47.4 Å². The number of carbonyl (C=O) groups is 1. The Balaban J connectivity index is 1.78. The monoisotopic (exact) mass is 459 g/mol. The number of benzene rings is 2. The van der Waals surface area contributed by atoms with Crippen molar-refractivity contribution >= 4 is 21.9 Å². The summed E-state index contributed by atoms with van der Waals surface area (Å²) in [5.41, 5.74) is 0.853. The van der Waals surface area contributed by atoms with Gasteiger partial charge in [-0.15, -0.1) is 0 Å². The predicted molar refractivity (Wildman–Crippen MR) is 123 cm³/mol. The molecule has 0 bridgehead atoms. The summed E-state index contributed by atoms with van der Waals surface area (Å²) in [4.78, 5) is 12.8. The van der Waals surface area contributed by atoms with Crippen molar-refractivity contribution in [3.63, 3.8) is 0 Å². The van der Waals surface area contributed by atoms with Crippen molar-refractivity contribution in [3.8, 4) is 17.2 Å². The molecule has 0 aromatic heterocycles. The molecule has 172 valence electrons. The van der Waals surface area contributed by atoms with Gasteiger partial charge in [0, 0.05) is 11.6 Å². The second-order valence-electron chi connectivity index (χ2n) is 7.81. The van der Waals surface area contributed by atoms with Gasteiger partial charge in [-0.05, 0) is 48.7 Å². The van der Waals surface area contributed by atoms with E-state index in [-0.39, 0.29) is 39.5 Å². The maximum atomic E-state index is 12.8. The number of allylic oxidation sites excluding steroid dienone is 1. The first-order chi connectivity index (χ1) is 15.3. The lowest BCUT2D eigenvalue weighted by Gasteiger charge is -2.16. The lowest BCUT2D eigenvalue weighted by atomic mass is 10.1. The molecular weight excluding hydrogens is 430 g/mol. The maximum Gasteiger partial charge on any atom is 0.240 e. The molecule has 1 aliphatic rings. The van der Waals surface area contributed by atoms with Gasteiger partial charge in [0.15, 0.2) is 17.3 Å². The Bertz CT molecular complexity index is 1060. The first-order valence-electron chi connectivity index (χ1n) is 10.6. The minimum atomic E-state index is -3.71. The molecule has 0 unspecified atom stereocenters. The summed E-state index contributed by atoms with van der Waals surface area (Å²) in [6, 6.07) is 9.10. The molecule has 3 rings (SSSR count). The standard InChI is InChI=1S/C24H29NO6S/c1-30-22-14-17(15-23(31-2)24(22)27)12-13-21(26)18-8-7-11-20(16-18)32(28,29)25-19-9-5-3-4-6-10-19/h7-8,11-16,19,25,27H,3-6,9-10H2,1-2H3. The zero-order chi connectivity index (χ0) is 23.1. The van der Waals surface area contributed by atoms with Crippen molar-refractivity contribution in [2.24, 2.45) is 0 Å². The van der Waals surface area contributed by atoms with Crippen molar-refractivity contribution in [3.05, 3.63) is 53.6 Å². The van der Waals surface area contributed by atoms with Crippen molar-refractivity contribution in [1.29, 1.82) is 0 Å². The van der Waals surface area contributed by atoms with Gasteiger partial charge in [0.05, 0.1) is 19.1 Å². The van der Waals surface area contributed by atoms with E-state index in [1.54, 1.807) is 30.3 Å². The largest absolute Gasteiger partial charge is 0.502 e. The smallest absolute Gasteiger partial charge is 0.240 e. The minimum Gasteiger partial charge on any atom is -0.502 e. The number of carbonyl (C=O) groups excluding carboxylic acids is 1. The van der Waals surface area contributed by atoms with E-state index >= 15 is 0 Å². The van der Waals surface area contributed by atoms with Gasteiger partial charge in [-0.3, -0.25) is 4.79 Å². The van der Waals surface area contributed by atoms with Gasteiger partial charge in [0.25, 0.3) is 0 Å². The number of methoxy groups -OCH3 is 2. The highest BCUT2D eigenvalue weighted by atomic mass is 32.2. The zero-order valence-electron chi connectivity index (χ0n) is 18.3. The van der Waals surface area contributed by atoms with Crippen LogP contribution in [0.5, 0.6) is 17.2 Å². The molecule has 0 saturated heterocycles. The molecule has 7 nitrogen and oxygen atoms in total. The third-order valence-electron chi connectivity index (χ3n) is 5.54. The molecule has 8 heteroatoms. The molecule has 2 N–H and O–H groups in total. The number of ketones is 1. The molecule has 0 aliphatic heterocycles. The molecule has 1 fully saturated rings. The average molecular weight is 460 g/mol. The SMILES string of the molecule is COc1cc(C=CC(=O)c2cccc(S(=O)(=O)NC3CCCCCC3)c2)cc(OC)c1O. The number of sulfonamides is 1. The van der Waals surface area contributed by atoms with E-state index in [0.717, 1.165) is 38.5 Å². The van der Waals surface area contributed by atoms with E-state index in [1.165, 1.54) is 32.4 Å². The van der Waals surface area contributed by atoms with Crippen LogP contribution in [0, 0.1) is 0 Å².